The summed E-state index contributed by atoms with van der Waals surface area (Å²) < 4.78 is 10.2. The molecule has 4 nitrogen and oxygen atoms in total. The average Bonchev–Trinajstić information content (AvgIpc) is 2.39. The van der Waals surface area contributed by atoms with Crippen molar-refractivity contribution in [3.63, 3.8) is 0 Å². The molecule has 1 aromatic rings. The molecule has 90 valence electrons. The molecule has 1 aliphatic heterocycles. The van der Waals surface area contributed by atoms with Crippen molar-refractivity contribution in [1.29, 1.82) is 0 Å². The molecular formula is C13H15NO3. The molecule has 0 saturated carbocycles. The van der Waals surface area contributed by atoms with E-state index in [2.05, 4.69) is 0 Å². The van der Waals surface area contributed by atoms with Gasteiger partial charge in [-0.2, -0.15) is 0 Å². The third-order valence-electron chi connectivity index (χ3n) is 2.73. The van der Waals surface area contributed by atoms with Crippen LogP contribution in [-0.4, -0.2) is 19.5 Å². The number of hydrogen-bond donors (Lipinski definition) is 1. The zero-order valence-corrected chi connectivity index (χ0v) is 9.73. The van der Waals surface area contributed by atoms with E-state index in [-0.39, 0.29) is 5.78 Å². The quantitative estimate of drug-likeness (QED) is 0.642. The number of Topliss-reactive ketones (excluding diaryl/α,β-unsaturated/α-hetero) is 1. The van der Waals surface area contributed by atoms with E-state index in [1.807, 2.05) is 0 Å². The van der Waals surface area contributed by atoms with Crippen LogP contribution in [0.1, 0.15) is 23.2 Å². The maximum Gasteiger partial charge on any atom is 0.194 e. The fourth-order valence-electron chi connectivity index (χ4n) is 1.78. The van der Waals surface area contributed by atoms with E-state index >= 15 is 0 Å². The second-order valence-electron chi connectivity index (χ2n) is 3.90. The van der Waals surface area contributed by atoms with Gasteiger partial charge in [-0.25, -0.2) is 0 Å². The molecular weight excluding hydrogens is 218 g/mol. The molecule has 0 aliphatic carbocycles. The summed E-state index contributed by atoms with van der Waals surface area (Å²) in [6.45, 7) is 0.675. The number of carbonyl (C=O) groups is 1. The lowest BCUT2D eigenvalue weighted by atomic mass is 9.98. The Balaban J connectivity index is 2.27. The van der Waals surface area contributed by atoms with Crippen molar-refractivity contribution in [3.8, 4) is 5.75 Å². The van der Waals surface area contributed by atoms with E-state index in [1.165, 1.54) is 6.26 Å². The molecule has 0 unspecified atom stereocenters. The highest BCUT2D eigenvalue weighted by atomic mass is 16.5. The molecule has 2 N–H and O–H groups in total. The summed E-state index contributed by atoms with van der Waals surface area (Å²) in [6.07, 6.45) is 3.15. The largest absolute Gasteiger partial charge is 0.501 e. The van der Waals surface area contributed by atoms with E-state index in [1.54, 1.807) is 25.3 Å². The summed E-state index contributed by atoms with van der Waals surface area (Å²) in [6, 6.07) is 5.07. The van der Waals surface area contributed by atoms with Crippen LogP contribution in [0, 0.1) is 0 Å². The fourth-order valence-corrected chi connectivity index (χ4v) is 1.78. The Morgan fingerprint density at radius 3 is 2.88 bits per heavy atom. The van der Waals surface area contributed by atoms with Crippen LogP contribution >= 0.6 is 0 Å². The minimum absolute atomic E-state index is 0.0650. The van der Waals surface area contributed by atoms with Gasteiger partial charge in [-0.1, -0.05) is 0 Å². The number of allylic oxidation sites excluding steroid dienone is 1. The number of nitrogen functional groups attached to an aromatic ring is 1. The van der Waals surface area contributed by atoms with Gasteiger partial charge < -0.3 is 15.2 Å². The summed E-state index contributed by atoms with van der Waals surface area (Å²) in [5.41, 5.74) is 7.44. The number of hydrogen-bond acceptors (Lipinski definition) is 4. The highest BCUT2D eigenvalue weighted by Gasteiger charge is 2.17. The van der Waals surface area contributed by atoms with Gasteiger partial charge in [-0.15, -0.1) is 0 Å². The van der Waals surface area contributed by atoms with Gasteiger partial charge in [-0.05, 0) is 25.0 Å². The molecule has 0 atom stereocenters. The van der Waals surface area contributed by atoms with E-state index in [0.717, 1.165) is 12.8 Å². The lowest BCUT2D eigenvalue weighted by molar-refractivity contribution is 0.101. The zero-order chi connectivity index (χ0) is 12.3. The molecule has 0 saturated heterocycles. The minimum atomic E-state index is -0.0650. The molecule has 0 aromatic heterocycles. The molecule has 1 heterocycles. The molecule has 0 bridgehead atoms. The predicted octanol–water partition coefficient (Wildman–Crippen LogP) is 2.15. The number of carbonyl (C=O) groups excluding carboxylic acids is 1. The summed E-state index contributed by atoms with van der Waals surface area (Å²) in [4.78, 5) is 12.2. The van der Waals surface area contributed by atoms with Gasteiger partial charge in [0.15, 0.2) is 5.78 Å². The van der Waals surface area contributed by atoms with E-state index in [0.29, 0.717) is 29.2 Å². The molecule has 1 aromatic carbocycles. The number of ether oxygens (including phenoxy) is 2. The molecule has 4 heteroatoms. The maximum absolute atomic E-state index is 12.2. The number of methoxy groups -OCH3 is 1. The highest BCUT2D eigenvalue weighted by molar-refractivity contribution is 6.11. The zero-order valence-electron chi connectivity index (χ0n) is 9.73. The molecule has 2 rings (SSSR count). The Labute approximate surface area is 100 Å². The number of nitrogens with two attached hydrogens (primary N) is 1. The molecule has 0 fully saturated rings. The summed E-state index contributed by atoms with van der Waals surface area (Å²) in [7, 11) is 1.56. The third kappa shape index (κ3) is 2.41. The molecule has 17 heavy (non-hydrogen) atoms. The van der Waals surface area contributed by atoms with Crippen LogP contribution in [0.5, 0.6) is 5.75 Å². The lowest BCUT2D eigenvalue weighted by Crippen LogP contribution is -2.11. The van der Waals surface area contributed by atoms with Gasteiger partial charge >= 0.3 is 0 Å². The van der Waals surface area contributed by atoms with Crippen LogP contribution in [0.25, 0.3) is 0 Å². The van der Waals surface area contributed by atoms with Crippen LogP contribution in [0.15, 0.2) is 30.0 Å². The summed E-state index contributed by atoms with van der Waals surface area (Å²) >= 11 is 0. The van der Waals surface area contributed by atoms with Gasteiger partial charge in [0.05, 0.1) is 20.0 Å². The molecule has 0 amide bonds. The third-order valence-corrected chi connectivity index (χ3v) is 2.73. The Kier molecular flexibility index (Phi) is 3.32. The van der Waals surface area contributed by atoms with Gasteiger partial charge in [-0.3, -0.25) is 4.79 Å². The predicted molar refractivity (Wildman–Crippen MR) is 65.0 cm³/mol. The second-order valence-corrected chi connectivity index (χ2v) is 3.90. The molecule has 0 spiro atoms. The van der Waals surface area contributed by atoms with E-state index in [9.17, 15) is 4.79 Å². The van der Waals surface area contributed by atoms with Crippen molar-refractivity contribution in [2.75, 3.05) is 19.5 Å². The van der Waals surface area contributed by atoms with Crippen molar-refractivity contribution in [3.05, 3.63) is 35.6 Å². The Morgan fingerprint density at radius 2 is 2.29 bits per heavy atom. The number of ketones is 1. The van der Waals surface area contributed by atoms with E-state index < -0.39 is 0 Å². The second kappa shape index (κ2) is 4.91. The lowest BCUT2D eigenvalue weighted by Gasteiger charge is -2.14. The van der Waals surface area contributed by atoms with Crippen molar-refractivity contribution >= 4 is 11.5 Å². The Morgan fingerprint density at radius 1 is 1.47 bits per heavy atom. The van der Waals surface area contributed by atoms with E-state index in [4.69, 9.17) is 15.2 Å². The van der Waals surface area contributed by atoms with Crippen LogP contribution in [-0.2, 0) is 4.74 Å². The van der Waals surface area contributed by atoms with Crippen LogP contribution in [0.3, 0.4) is 0 Å². The SMILES string of the molecule is COc1ccc(C(=O)C2=COCCC2)c(N)c1. The average molecular weight is 233 g/mol. The van der Waals surface area contributed by atoms with Crippen molar-refractivity contribution in [1.82, 2.24) is 0 Å². The van der Waals surface area contributed by atoms with Crippen LogP contribution < -0.4 is 10.5 Å². The first-order chi connectivity index (χ1) is 8.22. The fraction of sp³-hybridized carbons (Fsp3) is 0.308. The Bertz CT molecular complexity index is 466. The first-order valence-corrected chi connectivity index (χ1v) is 5.51. The molecule has 1 aliphatic rings. The summed E-state index contributed by atoms with van der Waals surface area (Å²) in [5.74, 6) is 0.581. The van der Waals surface area contributed by atoms with Crippen molar-refractivity contribution < 1.29 is 14.3 Å². The molecule has 0 radical (unpaired) electrons. The number of benzene rings is 1. The normalized spacial score (nSPS) is 14.8. The van der Waals surface area contributed by atoms with Crippen LogP contribution in [0.4, 0.5) is 5.69 Å². The smallest absolute Gasteiger partial charge is 0.194 e. The van der Waals surface area contributed by atoms with Gasteiger partial charge in [0, 0.05) is 22.9 Å². The highest BCUT2D eigenvalue weighted by Crippen LogP contribution is 2.24. The standard InChI is InChI=1S/C13H15NO3/c1-16-10-4-5-11(12(14)7-10)13(15)9-3-2-6-17-8-9/h4-5,7-8H,2-3,6,14H2,1H3. The van der Waals surface area contributed by atoms with Crippen LogP contribution in [0.2, 0.25) is 0 Å². The monoisotopic (exact) mass is 233 g/mol. The minimum Gasteiger partial charge on any atom is -0.501 e. The topological polar surface area (TPSA) is 61.5 Å². The summed E-state index contributed by atoms with van der Waals surface area (Å²) in [5, 5.41) is 0. The number of anilines is 1. The van der Waals surface area contributed by atoms with Gasteiger partial charge in [0.25, 0.3) is 0 Å². The van der Waals surface area contributed by atoms with Gasteiger partial charge in [0.2, 0.25) is 0 Å². The maximum atomic E-state index is 12.2. The van der Waals surface area contributed by atoms with Crippen molar-refractivity contribution in [2.24, 2.45) is 0 Å². The van der Waals surface area contributed by atoms with Gasteiger partial charge in [0.1, 0.15) is 5.75 Å². The number of rotatable bonds is 3. The first-order valence-electron chi connectivity index (χ1n) is 5.51. The first kappa shape index (κ1) is 11.5. The Hall–Kier alpha value is -1.97. The van der Waals surface area contributed by atoms with Crippen molar-refractivity contribution in [2.45, 2.75) is 12.8 Å².